The molecule has 0 aliphatic heterocycles. The van der Waals surface area contributed by atoms with E-state index in [0.29, 0.717) is 31.2 Å². The van der Waals surface area contributed by atoms with Gasteiger partial charge in [0.05, 0.1) is 6.07 Å². The van der Waals surface area contributed by atoms with E-state index in [1.165, 1.54) is 0 Å². The average Bonchev–Trinajstić information content (AvgIpc) is 3.09. The van der Waals surface area contributed by atoms with Gasteiger partial charge in [0.15, 0.2) is 0 Å². The summed E-state index contributed by atoms with van der Waals surface area (Å²) in [4.78, 5) is 4.59. The maximum absolute atomic E-state index is 8.96. The SMILES string of the molecule is CCOC1(c2noc(CC(C)(CC)CC#N)n2)CCCC1. The van der Waals surface area contributed by atoms with E-state index in [9.17, 15) is 0 Å². The summed E-state index contributed by atoms with van der Waals surface area (Å²) in [6, 6.07) is 2.25. The highest BCUT2D eigenvalue weighted by Crippen LogP contribution is 2.41. The Bertz CT molecular complexity index is 500. The van der Waals surface area contributed by atoms with Crippen LogP contribution in [0.4, 0.5) is 0 Å². The Balaban J connectivity index is 2.15. The Kier molecular flexibility index (Phi) is 5.00. The molecule has 1 aromatic rings. The van der Waals surface area contributed by atoms with E-state index in [0.717, 1.165) is 32.1 Å². The van der Waals surface area contributed by atoms with Crippen molar-refractivity contribution in [3.05, 3.63) is 11.7 Å². The fourth-order valence-electron chi connectivity index (χ4n) is 3.04. The predicted molar refractivity (Wildman–Crippen MR) is 78.4 cm³/mol. The van der Waals surface area contributed by atoms with Gasteiger partial charge in [0.25, 0.3) is 0 Å². The highest BCUT2D eigenvalue weighted by Gasteiger charge is 2.41. The highest BCUT2D eigenvalue weighted by atomic mass is 16.5. The first kappa shape index (κ1) is 16.0. The number of hydrogen-bond acceptors (Lipinski definition) is 5. The van der Waals surface area contributed by atoms with Crippen molar-refractivity contribution in [2.24, 2.45) is 5.41 Å². The minimum atomic E-state index is -0.353. The molecule has 0 radical (unpaired) electrons. The van der Waals surface area contributed by atoms with Gasteiger partial charge in [0.2, 0.25) is 11.7 Å². The van der Waals surface area contributed by atoms with E-state index in [-0.39, 0.29) is 11.0 Å². The lowest BCUT2D eigenvalue weighted by Gasteiger charge is -2.25. The van der Waals surface area contributed by atoms with Crippen LogP contribution < -0.4 is 0 Å². The van der Waals surface area contributed by atoms with Crippen molar-refractivity contribution in [1.82, 2.24) is 10.1 Å². The lowest BCUT2D eigenvalue weighted by Crippen LogP contribution is -2.28. The van der Waals surface area contributed by atoms with Gasteiger partial charge >= 0.3 is 0 Å². The summed E-state index contributed by atoms with van der Waals surface area (Å²) < 4.78 is 11.4. The number of hydrogen-bond donors (Lipinski definition) is 0. The molecule has 1 saturated carbocycles. The second-order valence-corrected chi connectivity index (χ2v) is 6.32. The molecule has 1 fully saturated rings. The zero-order valence-corrected chi connectivity index (χ0v) is 13.3. The zero-order valence-electron chi connectivity index (χ0n) is 13.3. The number of rotatable bonds is 7. The van der Waals surface area contributed by atoms with Crippen LogP contribution in [0.3, 0.4) is 0 Å². The summed E-state index contributed by atoms with van der Waals surface area (Å²) in [7, 11) is 0. The van der Waals surface area contributed by atoms with Crippen molar-refractivity contribution in [2.45, 2.75) is 71.3 Å². The minimum absolute atomic E-state index is 0.104. The topological polar surface area (TPSA) is 71.9 Å². The monoisotopic (exact) mass is 291 g/mol. The number of nitrogens with zero attached hydrogens (tertiary/aromatic N) is 3. The maximum atomic E-state index is 8.96. The quantitative estimate of drug-likeness (QED) is 0.765. The molecule has 1 unspecified atom stereocenters. The molecule has 0 bridgehead atoms. The molecule has 116 valence electrons. The van der Waals surface area contributed by atoms with Crippen LogP contribution in [0, 0.1) is 16.7 Å². The van der Waals surface area contributed by atoms with Crippen LogP contribution in [0.5, 0.6) is 0 Å². The molecule has 0 N–H and O–H groups in total. The Labute approximate surface area is 126 Å². The van der Waals surface area contributed by atoms with Crippen molar-refractivity contribution in [1.29, 1.82) is 5.26 Å². The first-order chi connectivity index (χ1) is 10.1. The molecule has 1 aromatic heterocycles. The van der Waals surface area contributed by atoms with Crippen LogP contribution in [0.1, 0.15) is 71.0 Å². The molecule has 0 aromatic carbocycles. The molecule has 5 nitrogen and oxygen atoms in total. The summed E-state index contributed by atoms with van der Waals surface area (Å²) >= 11 is 0. The van der Waals surface area contributed by atoms with E-state index >= 15 is 0 Å². The van der Waals surface area contributed by atoms with Gasteiger partial charge < -0.3 is 9.26 Å². The van der Waals surface area contributed by atoms with Gasteiger partial charge in [0, 0.05) is 19.4 Å². The molecule has 1 heterocycles. The second-order valence-electron chi connectivity index (χ2n) is 6.32. The van der Waals surface area contributed by atoms with E-state index < -0.39 is 0 Å². The summed E-state index contributed by atoms with van der Waals surface area (Å²) in [5.41, 5.74) is -0.457. The molecule has 21 heavy (non-hydrogen) atoms. The van der Waals surface area contributed by atoms with Gasteiger partial charge in [-0.3, -0.25) is 0 Å². The zero-order chi connectivity index (χ0) is 15.3. The molecule has 5 heteroatoms. The van der Waals surface area contributed by atoms with Crippen molar-refractivity contribution in [2.75, 3.05) is 6.61 Å². The third-order valence-corrected chi connectivity index (χ3v) is 4.64. The molecule has 0 spiro atoms. The molecule has 0 amide bonds. The van der Waals surface area contributed by atoms with Crippen LogP contribution in [-0.4, -0.2) is 16.7 Å². The molecular weight excluding hydrogens is 266 g/mol. The van der Waals surface area contributed by atoms with Crippen molar-refractivity contribution in [3.63, 3.8) is 0 Å². The third kappa shape index (κ3) is 3.44. The van der Waals surface area contributed by atoms with Crippen LogP contribution in [0.2, 0.25) is 0 Å². The Morgan fingerprint density at radius 1 is 1.38 bits per heavy atom. The van der Waals surface area contributed by atoms with Gasteiger partial charge in [-0.25, -0.2) is 0 Å². The van der Waals surface area contributed by atoms with Crippen LogP contribution in [0.25, 0.3) is 0 Å². The van der Waals surface area contributed by atoms with E-state index in [1.807, 2.05) is 6.92 Å². The van der Waals surface area contributed by atoms with Crippen molar-refractivity contribution in [3.8, 4) is 6.07 Å². The molecule has 1 aliphatic carbocycles. The van der Waals surface area contributed by atoms with Gasteiger partial charge in [-0.15, -0.1) is 0 Å². The van der Waals surface area contributed by atoms with Gasteiger partial charge in [-0.1, -0.05) is 19.0 Å². The predicted octanol–water partition coefficient (Wildman–Crippen LogP) is 3.75. The van der Waals surface area contributed by atoms with E-state index in [1.54, 1.807) is 0 Å². The number of nitriles is 1. The molecule has 1 atom stereocenters. The minimum Gasteiger partial charge on any atom is -0.367 e. The largest absolute Gasteiger partial charge is 0.367 e. The summed E-state index contributed by atoms with van der Waals surface area (Å²) in [6.07, 6.45) is 6.26. The first-order valence-corrected chi connectivity index (χ1v) is 7.91. The second kappa shape index (κ2) is 6.57. The maximum Gasteiger partial charge on any atom is 0.227 e. The molecular formula is C16H25N3O2. The lowest BCUT2D eigenvalue weighted by molar-refractivity contribution is -0.0469. The standard InChI is InChI=1S/C16H25N3O2/c1-4-15(3,10-11-17)12-13-18-14(19-21-13)16(20-5-2)8-6-7-9-16/h4-10,12H2,1-3H3. The lowest BCUT2D eigenvalue weighted by atomic mass is 9.81. The van der Waals surface area contributed by atoms with Crippen LogP contribution in [0.15, 0.2) is 4.52 Å². The fraction of sp³-hybridized carbons (Fsp3) is 0.812. The molecule has 2 rings (SSSR count). The average molecular weight is 291 g/mol. The fourth-order valence-corrected chi connectivity index (χ4v) is 3.04. The van der Waals surface area contributed by atoms with Gasteiger partial charge in [-0.2, -0.15) is 10.2 Å². The number of aromatic nitrogens is 2. The third-order valence-electron chi connectivity index (χ3n) is 4.64. The van der Waals surface area contributed by atoms with Crippen LogP contribution >= 0.6 is 0 Å². The van der Waals surface area contributed by atoms with E-state index in [4.69, 9.17) is 14.5 Å². The van der Waals surface area contributed by atoms with Crippen LogP contribution in [-0.2, 0) is 16.8 Å². The molecule has 1 aliphatic rings. The van der Waals surface area contributed by atoms with Crippen molar-refractivity contribution < 1.29 is 9.26 Å². The van der Waals surface area contributed by atoms with Gasteiger partial charge in [-0.05, 0) is 44.4 Å². The van der Waals surface area contributed by atoms with Crippen molar-refractivity contribution >= 4 is 0 Å². The Hall–Kier alpha value is -1.41. The molecule has 0 saturated heterocycles. The highest BCUT2D eigenvalue weighted by molar-refractivity contribution is 5.05. The smallest absolute Gasteiger partial charge is 0.227 e. The Morgan fingerprint density at radius 3 is 2.67 bits per heavy atom. The summed E-state index contributed by atoms with van der Waals surface area (Å²) in [6.45, 7) is 6.84. The normalized spacial score (nSPS) is 20.1. The Morgan fingerprint density at radius 2 is 2.10 bits per heavy atom. The number of ether oxygens (including phenoxy) is 1. The summed E-state index contributed by atoms with van der Waals surface area (Å²) in [5, 5.41) is 13.1. The van der Waals surface area contributed by atoms with E-state index in [2.05, 4.69) is 30.1 Å². The summed E-state index contributed by atoms with van der Waals surface area (Å²) in [5.74, 6) is 1.31. The first-order valence-electron chi connectivity index (χ1n) is 7.91. The van der Waals surface area contributed by atoms with Gasteiger partial charge in [0.1, 0.15) is 5.60 Å².